The molecule has 8 nitrogen and oxygen atoms in total. The zero-order chi connectivity index (χ0) is 19.1. The number of benzene rings is 1. The molecule has 8 heteroatoms. The summed E-state index contributed by atoms with van der Waals surface area (Å²) in [5.41, 5.74) is 6.27. The quantitative estimate of drug-likeness (QED) is 0.578. The second kappa shape index (κ2) is 6.39. The van der Waals surface area contributed by atoms with Crippen LogP contribution < -0.4 is 11.1 Å². The third-order valence-electron chi connectivity index (χ3n) is 4.59. The number of aromatic amines is 1. The van der Waals surface area contributed by atoms with Crippen LogP contribution in [0.4, 0.5) is 5.69 Å². The molecule has 0 spiro atoms. The van der Waals surface area contributed by atoms with Gasteiger partial charge in [-0.05, 0) is 51.0 Å². The molecule has 0 saturated carbocycles. The standard InChI is InChI=1S/C19H19N5O3/c1-10-8-17-20-11(2)14(12(3)24(17)23-10)5-7-18(25)21-13-4-6-16-15(9-13)22-19(26)27-16/h4,6,8-9H,5,7H2,1-3H3,(H,21,25)(H,22,26). The van der Waals surface area contributed by atoms with Crippen LogP contribution in [-0.2, 0) is 11.2 Å². The zero-order valence-corrected chi connectivity index (χ0v) is 15.3. The predicted octanol–water partition coefficient (Wildman–Crippen LogP) is 2.66. The number of fused-ring (bicyclic) bond motifs is 2. The van der Waals surface area contributed by atoms with Crippen molar-refractivity contribution in [3.63, 3.8) is 0 Å². The Morgan fingerprint density at radius 3 is 2.89 bits per heavy atom. The van der Waals surface area contributed by atoms with Crippen LogP contribution in [0.3, 0.4) is 0 Å². The van der Waals surface area contributed by atoms with E-state index in [-0.39, 0.29) is 5.91 Å². The van der Waals surface area contributed by atoms with E-state index in [9.17, 15) is 9.59 Å². The van der Waals surface area contributed by atoms with Gasteiger partial charge in [-0.15, -0.1) is 0 Å². The smallest absolute Gasteiger partial charge is 0.408 e. The van der Waals surface area contributed by atoms with Gasteiger partial charge >= 0.3 is 5.76 Å². The number of oxazole rings is 1. The number of aryl methyl sites for hydroxylation is 3. The number of carbonyl (C=O) groups is 1. The lowest BCUT2D eigenvalue weighted by atomic mass is 10.1. The third-order valence-corrected chi connectivity index (χ3v) is 4.59. The number of nitrogens with one attached hydrogen (secondary N) is 2. The normalized spacial score (nSPS) is 11.4. The minimum atomic E-state index is -0.517. The molecule has 4 rings (SSSR count). The Hall–Kier alpha value is -3.42. The Morgan fingerprint density at radius 1 is 1.26 bits per heavy atom. The first kappa shape index (κ1) is 17.0. The van der Waals surface area contributed by atoms with Crippen LogP contribution >= 0.6 is 0 Å². The molecule has 27 heavy (non-hydrogen) atoms. The molecule has 0 saturated heterocycles. The highest BCUT2D eigenvalue weighted by Gasteiger charge is 2.13. The number of amides is 1. The molecule has 0 bridgehead atoms. The summed E-state index contributed by atoms with van der Waals surface area (Å²) in [7, 11) is 0. The Bertz CT molecular complexity index is 1230. The maximum atomic E-state index is 12.4. The van der Waals surface area contributed by atoms with Gasteiger partial charge in [0.2, 0.25) is 5.91 Å². The maximum Gasteiger partial charge on any atom is 0.417 e. The molecule has 0 radical (unpaired) electrons. The minimum absolute atomic E-state index is 0.115. The number of aromatic nitrogens is 4. The van der Waals surface area contributed by atoms with Crippen molar-refractivity contribution < 1.29 is 9.21 Å². The summed E-state index contributed by atoms with van der Waals surface area (Å²) in [4.78, 5) is 30.7. The number of hydrogen-bond donors (Lipinski definition) is 2. The molecule has 0 aliphatic rings. The first-order valence-corrected chi connectivity index (χ1v) is 8.66. The lowest BCUT2D eigenvalue weighted by Crippen LogP contribution is -2.14. The Morgan fingerprint density at radius 2 is 2.07 bits per heavy atom. The first-order valence-electron chi connectivity index (χ1n) is 8.66. The number of hydrogen-bond acceptors (Lipinski definition) is 5. The fraction of sp³-hybridized carbons (Fsp3) is 0.263. The highest BCUT2D eigenvalue weighted by Crippen LogP contribution is 2.19. The van der Waals surface area contributed by atoms with E-state index in [0.717, 1.165) is 28.3 Å². The van der Waals surface area contributed by atoms with Gasteiger partial charge in [0.15, 0.2) is 11.2 Å². The second-order valence-electron chi connectivity index (χ2n) is 6.59. The molecule has 0 atom stereocenters. The number of H-pyrrole nitrogens is 1. The molecule has 3 heterocycles. The number of nitrogens with zero attached hydrogens (tertiary/aromatic N) is 3. The molecular formula is C19H19N5O3. The van der Waals surface area contributed by atoms with Crippen molar-refractivity contribution in [2.75, 3.05) is 5.32 Å². The summed E-state index contributed by atoms with van der Waals surface area (Å²) in [6, 6.07) is 6.96. The summed E-state index contributed by atoms with van der Waals surface area (Å²) in [5.74, 6) is -0.632. The van der Waals surface area contributed by atoms with Crippen molar-refractivity contribution in [3.05, 3.63) is 57.5 Å². The van der Waals surface area contributed by atoms with Gasteiger partial charge in [-0.25, -0.2) is 14.3 Å². The van der Waals surface area contributed by atoms with Gasteiger partial charge < -0.3 is 9.73 Å². The van der Waals surface area contributed by atoms with E-state index in [1.54, 1.807) is 18.2 Å². The molecule has 1 amide bonds. The van der Waals surface area contributed by atoms with Crippen LogP contribution in [-0.4, -0.2) is 25.5 Å². The number of rotatable bonds is 4. The van der Waals surface area contributed by atoms with E-state index in [2.05, 4.69) is 20.4 Å². The Balaban J connectivity index is 1.50. The minimum Gasteiger partial charge on any atom is -0.408 e. The molecule has 0 aliphatic heterocycles. The van der Waals surface area contributed by atoms with Gasteiger partial charge in [0.25, 0.3) is 0 Å². The number of carbonyl (C=O) groups excluding carboxylic acids is 1. The van der Waals surface area contributed by atoms with Crippen LogP contribution in [0.25, 0.3) is 16.7 Å². The highest BCUT2D eigenvalue weighted by atomic mass is 16.4. The van der Waals surface area contributed by atoms with Gasteiger partial charge in [0.1, 0.15) is 0 Å². The van der Waals surface area contributed by atoms with E-state index in [1.165, 1.54) is 0 Å². The van der Waals surface area contributed by atoms with Crippen molar-refractivity contribution in [1.29, 1.82) is 0 Å². The van der Waals surface area contributed by atoms with Gasteiger partial charge in [-0.2, -0.15) is 5.10 Å². The van der Waals surface area contributed by atoms with E-state index in [0.29, 0.717) is 29.6 Å². The summed E-state index contributed by atoms with van der Waals surface area (Å²) in [5, 5.41) is 7.30. The second-order valence-corrected chi connectivity index (χ2v) is 6.59. The summed E-state index contributed by atoms with van der Waals surface area (Å²) in [6.07, 6.45) is 0.880. The SMILES string of the molecule is Cc1cc2nc(C)c(CCC(=O)Nc3ccc4oc(=O)[nH]c4c3)c(C)n2n1. The molecular weight excluding hydrogens is 346 g/mol. The summed E-state index contributed by atoms with van der Waals surface area (Å²) in [6.45, 7) is 5.87. The largest absolute Gasteiger partial charge is 0.417 e. The molecule has 1 aromatic carbocycles. The topological polar surface area (TPSA) is 105 Å². The first-order chi connectivity index (χ1) is 12.9. The van der Waals surface area contributed by atoms with Crippen molar-refractivity contribution >= 4 is 28.3 Å². The maximum absolute atomic E-state index is 12.4. The van der Waals surface area contributed by atoms with Crippen molar-refractivity contribution in [3.8, 4) is 0 Å². The lowest BCUT2D eigenvalue weighted by Gasteiger charge is -2.11. The Kier molecular flexibility index (Phi) is 4.02. The van der Waals surface area contributed by atoms with Crippen LogP contribution in [0.1, 0.15) is 29.1 Å². The van der Waals surface area contributed by atoms with Gasteiger partial charge in [0.05, 0.1) is 11.2 Å². The monoisotopic (exact) mass is 365 g/mol. The molecule has 2 N–H and O–H groups in total. The van der Waals surface area contributed by atoms with E-state index >= 15 is 0 Å². The molecule has 0 fully saturated rings. The summed E-state index contributed by atoms with van der Waals surface area (Å²) >= 11 is 0. The average Bonchev–Trinajstić information content (AvgIpc) is 3.15. The van der Waals surface area contributed by atoms with E-state index < -0.39 is 5.76 Å². The molecule has 0 aliphatic carbocycles. The van der Waals surface area contributed by atoms with Crippen LogP contribution in [0.2, 0.25) is 0 Å². The van der Waals surface area contributed by atoms with E-state index in [1.807, 2.05) is 31.4 Å². The van der Waals surface area contributed by atoms with Crippen molar-refractivity contribution in [1.82, 2.24) is 19.6 Å². The van der Waals surface area contributed by atoms with Gasteiger partial charge in [-0.3, -0.25) is 9.78 Å². The van der Waals surface area contributed by atoms with Gasteiger partial charge in [0, 0.05) is 29.6 Å². The van der Waals surface area contributed by atoms with Gasteiger partial charge in [-0.1, -0.05) is 0 Å². The molecule has 4 aromatic rings. The lowest BCUT2D eigenvalue weighted by molar-refractivity contribution is -0.116. The van der Waals surface area contributed by atoms with Crippen molar-refractivity contribution in [2.45, 2.75) is 33.6 Å². The molecule has 3 aromatic heterocycles. The average molecular weight is 365 g/mol. The predicted molar refractivity (Wildman–Crippen MR) is 101 cm³/mol. The molecule has 0 unspecified atom stereocenters. The third kappa shape index (κ3) is 3.21. The fourth-order valence-corrected chi connectivity index (χ4v) is 3.29. The number of anilines is 1. The Labute approximate surface area is 154 Å². The highest BCUT2D eigenvalue weighted by molar-refractivity contribution is 5.92. The van der Waals surface area contributed by atoms with Crippen molar-refractivity contribution in [2.24, 2.45) is 0 Å². The fourth-order valence-electron chi connectivity index (χ4n) is 3.29. The van der Waals surface area contributed by atoms with Crippen LogP contribution in [0.15, 0.2) is 33.5 Å². The summed E-state index contributed by atoms with van der Waals surface area (Å²) < 4.78 is 6.78. The zero-order valence-electron chi connectivity index (χ0n) is 15.3. The van der Waals surface area contributed by atoms with E-state index in [4.69, 9.17) is 4.42 Å². The van der Waals surface area contributed by atoms with Crippen LogP contribution in [0.5, 0.6) is 0 Å². The van der Waals surface area contributed by atoms with Crippen LogP contribution in [0, 0.1) is 20.8 Å². The molecule has 138 valence electrons.